The molecule has 0 aliphatic rings. The van der Waals surface area contributed by atoms with Crippen LogP contribution in [0.1, 0.15) is 23.2 Å². The molecule has 0 saturated heterocycles. The fourth-order valence-corrected chi connectivity index (χ4v) is 2.43. The van der Waals surface area contributed by atoms with Crippen LogP contribution >= 0.6 is 11.3 Å². The van der Waals surface area contributed by atoms with Crippen LogP contribution in [-0.2, 0) is 17.8 Å². The Morgan fingerprint density at radius 1 is 1.37 bits per heavy atom. The molecule has 2 aromatic rings. The van der Waals surface area contributed by atoms with Crippen molar-refractivity contribution in [2.24, 2.45) is 0 Å². The van der Waals surface area contributed by atoms with Gasteiger partial charge < -0.3 is 5.32 Å². The minimum absolute atomic E-state index is 0.127. The first-order valence-electron chi connectivity index (χ1n) is 6.06. The van der Waals surface area contributed by atoms with Crippen LogP contribution in [0, 0.1) is 0 Å². The Balaban J connectivity index is 1.92. The molecule has 1 heterocycles. The molecule has 0 aliphatic heterocycles. The lowest BCUT2D eigenvalue weighted by Gasteiger charge is -2.01. The first kappa shape index (κ1) is 13.5. The van der Waals surface area contributed by atoms with E-state index >= 15 is 0 Å². The number of rotatable bonds is 5. The summed E-state index contributed by atoms with van der Waals surface area (Å²) < 4.78 is 0. The summed E-state index contributed by atoms with van der Waals surface area (Å²) in [7, 11) is 0. The lowest BCUT2D eigenvalue weighted by Crippen LogP contribution is -2.23. The quantitative estimate of drug-likeness (QED) is 0.850. The van der Waals surface area contributed by atoms with Crippen molar-refractivity contribution >= 4 is 17.2 Å². The second kappa shape index (κ2) is 6.29. The zero-order valence-corrected chi connectivity index (χ0v) is 11.7. The number of carbonyl (C=O) groups is 1. The third kappa shape index (κ3) is 4.03. The summed E-state index contributed by atoms with van der Waals surface area (Å²) in [5.74, 6) is -0.127. The summed E-state index contributed by atoms with van der Waals surface area (Å²) in [4.78, 5) is 15.9. The largest absolute Gasteiger partial charge is 0.347 e. The molecule has 19 heavy (non-hydrogen) atoms. The van der Waals surface area contributed by atoms with E-state index in [-0.39, 0.29) is 5.91 Å². The Kier molecular flexibility index (Phi) is 4.47. The number of nitrogens with zero attached hydrogens (tertiary/aromatic N) is 1. The van der Waals surface area contributed by atoms with E-state index in [0.717, 1.165) is 17.1 Å². The number of hydrogen-bond donors (Lipinski definition) is 1. The van der Waals surface area contributed by atoms with Crippen LogP contribution in [0.4, 0.5) is 0 Å². The predicted molar refractivity (Wildman–Crippen MR) is 78.0 cm³/mol. The van der Waals surface area contributed by atoms with Crippen LogP contribution in [0.15, 0.2) is 47.9 Å². The van der Waals surface area contributed by atoms with Crippen molar-refractivity contribution < 1.29 is 4.79 Å². The molecule has 3 nitrogen and oxygen atoms in total. The minimum atomic E-state index is -0.127. The van der Waals surface area contributed by atoms with Crippen molar-refractivity contribution in [2.75, 3.05) is 0 Å². The highest BCUT2D eigenvalue weighted by molar-refractivity contribution is 7.09. The number of carbonyl (C=O) groups excluding carboxylic acids is 1. The zero-order chi connectivity index (χ0) is 13.7. The molecule has 98 valence electrons. The average Bonchev–Trinajstić information content (AvgIpc) is 2.84. The van der Waals surface area contributed by atoms with Gasteiger partial charge in [0.05, 0.1) is 17.2 Å². The molecule has 0 fully saturated rings. The molecule has 0 unspecified atom stereocenters. The van der Waals surface area contributed by atoms with Crippen LogP contribution in [0.2, 0.25) is 0 Å². The molecule has 1 amide bonds. The molecule has 0 atom stereocenters. The summed E-state index contributed by atoms with van der Waals surface area (Å²) >= 11 is 1.62. The Bertz CT molecular complexity index is 575. The van der Waals surface area contributed by atoms with E-state index in [0.29, 0.717) is 12.1 Å². The molecule has 0 bridgehead atoms. The number of thiazole rings is 1. The van der Waals surface area contributed by atoms with E-state index < -0.39 is 0 Å². The van der Waals surface area contributed by atoms with E-state index in [1.165, 1.54) is 5.56 Å². The van der Waals surface area contributed by atoms with Crippen molar-refractivity contribution in [2.45, 2.75) is 19.9 Å². The molecule has 0 aliphatic carbocycles. The van der Waals surface area contributed by atoms with Gasteiger partial charge in [0.25, 0.3) is 0 Å². The summed E-state index contributed by atoms with van der Waals surface area (Å²) in [6, 6.07) is 10.2. The lowest BCUT2D eigenvalue weighted by atomic mass is 10.2. The van der Waals surface area contributed by atoms with Crippen molar-refractivity contribution in [1.29, 1.82) is 0 Å². The maximum absolute atomic E-state index is 11.4. The molecular formula is C15H16N2OS. The van der Waals surface area contributed by atoms with Crippen LogP contribution in [0.3, 0.4) is 0 Å². The topological polar surface area (TPSA) is 42.0 Å². The molecule has 0 spiro atoms. The van der Waals surface area contributed by atoms with Gasteiger partial charge in [0.15, 0.2) is 0 Å². The smallest absolute Gasteiger partial charge is 0.246 e. The van der Waals surface area contributed by atoms with Gasteiger partial charge in [-0.15, -0.1) is 11.3 Å². The van der Waals surface area contributed by atoms with Gasteiger partial charge in [0.1, 0.15) is 0 Å². The second-order valence-corrected chi connectivity index (χ2v) is 5.30. The second-order valence-electron chi connectivity index (χ2n) is 4.36. The predicted octanol–water partition coefficient (Wildman–Crippen LogP) is 2.93. The van der Waals surface area contributed by atoms with Crippen molar-refractivity contribution in [3.8, 4) is 0 Å². The van der Waals surface area contributed by atoms with E-state index in [1.54, 1.807) is 18.3 Å². The Morgan fingerprint density at radius 2 is 2.11 bits per heavy atom. The Labute approximate surface area is 117 Å². The maximum atomic E-state index is 11.4. The van der Waals surface area contributed by atoms with Gasteiger partial charge in [0, 0.05) is 17.4 Å². The lowest BCUT2D eigenvalue weighted by molar-refractivity contribution is -0.117. The monoisotopic (exact) mass is 272 g/mol. The Hall–Kier alpha value is -1.94. The Morgan fingerprint density at radius 3 is 2.79 bits per heavy atom. The van der Waals surface area contributed by atoms with Gasteiger partial charge in [-0.2, -0.15) is 0 Å². The first-order valence-corrected chi connectivity index (χ1v) is 6.94. The molecule has 0 saturated carbocycles. The number of nitrogens with one attached hydrogen (secondary N) is 1. The number of benzene rings is 1. The fraction of sp³-hybridized carbons (Fsp3) is 0.200. The molecule has 1 N–H and O–H groups in total. The van der Waals surface area contributed by atoms with Crippen LogP contribution in [0.25, 0.3) is 0 Å². The van der Waals surface area contributed by atoms with Crippen molar-refractivity contribution in [3.05, 3.63) is 64.1 Å². The van der Waals surface area contributed by atoms with Gasteiger partial charge in [-0.25, -0.2) is 4.98 Å². The van der Waals surface area contributed by atoms with Gasteiger partial charge >= 0.3 is 0 Å². The maximum Gasteiger partial charge on any atom is 0.246 e. The number of hydrogen-bond acceptors (Lipinski definition) is 3. The van der Waals surface area contributed by atoms with Gasteiger partial charge in [-0.3, -0.25) is 4.79 Å². The van der Waals surface area contributed by atoms with E-state index in [2.05, 4.69) is 29.0 Å². The van der Waals surface area contributed by atoms with Gasteiger partial charge in [0.2, 0.25) is 5.91 Å². The first-order chi connectivity index (χ1) is 9.15. The van der Waals surface area contributed by atoms with Crippen LogP contribution in [0.5, 0.6) is 0 Å². The molecule has 0 radical (unpaired) electrons. The highest BCUT2D eigenvalue weighted by Crippen LogP contribution is 2.14. The number of aromatic nitrogens is 1. The fourth-order valence-electron chi connectivity index (χ4n) is 1.60. The van der Waals surface area contributed by atoms with Gasteiger partial charge in [-0.05, 0) is 12.5 Å². The zero-order valence-electron chi connectivity index (χ0n) is 10.8. The normalized spacial score (nSPS) is 10.2. The molecule has 1 aromatic carbocycles. The van der Waals surface area contributed by atoms with Crippen molar-refractivity contribution in [1.82, 2.24) is 10.3 Å². The summed E-state index contributed by atoms with van der Waals surface area (Å²) in [5.41, 5.74) is 2.65. The molecular weight excluding hydrogens is 256 g/mol. The van der Waals surface area contributed by atoms with Crippen molar-refractivity contribution in [3.63, 3.8) is 0 Å². The molecule has 4 heteroatoms. The summed E-state index contributed by atoms with van der Waals surface area (Å²) in [6.07, 6.45) is 0.833. The number of amides is 1. The summed E-state index contributed by atoms with van der Waals surface area (Å²) in [6.45, 7) is 5.75. The van der Waals surface area contributed by atoms with E-state index in [4.69, 9.17) is 0 Å². The van der Waals surface area contributed by atoms with Crippen LogP contribution < -0.4 is 5.32 Å². The highest BCUT2D eigenvalue weighted by Gasteiger charge is 2.05. The SMILES string of the molecule is C=C(C)C(=O)NCc1csc(Cc2ccccc2)n1. The minimum Gasteiger partial charge on any atom is -0.347 e. The van der Waals surface area contributed by atoms with E-state index in [9.17, 15) is 4.79 Å². The molecule has 2 rings (SSSR count). The third-order valence-corrected chi connectivity index (χ3v) is 3.51. The summed E-state index contributed by atoms with van der Waals surface area (Å²) in [5, 5.41) is 5.83. The highest BCUT2D eigenvalue weighted by atomic mass is 32.1. The third-order valence-electron chi connectivity index (χ3n) is 2.62. The van der Waals surface area contributed by atoms with Gasteiger partial charge in [-0.1, -0.05) is 36.9 Å². The van der Waals surface area contributed by atoms with E-state index in [1.807, 2.05) is 23.6 Å². The molecule has 1 aromatic heterocycles. The standard InChI is InChI=1S/C15H16N2OS/c1-11(2)15(18)16-9-13-10-19-14(17-13)8-12-6-4-3-5-7-12/h3-7,10H,1,8-9H2,2H3,(H,16,18). The van der Waals surface area contributed by atoms with Crippen LogP contribution in [-0.4, -0.2) is 10.9 Å². The average molecular weight is 272 g/mol.